The molecule has 1 aliphatic rings. The predicted octanol–water partition coefficient (Wildman–Crippen LogP) is 2.42. The lowest BCUT2D eigenvalue weighted by Crippen LogP contribution is -2.51. The summed E-state index contributed by atoms with van der Waals surface area (Å²) in [6.45, 7) is 5.77. The van der Waals surface area contributed by atoms with Gasteiger partial charge < -0.3 is 15.1 Å². The van der Waals surface area contributed by atoms with Crippen LogP contribution >= 0.6 is 0 Å². The number of aromatic nitrogens is 1. The molecule has 120 valence electrons. The molecule has 23 heavy (non-hydrogen) atoms. The highest BCUT2D eigenvalue weighted by atomic mass is 16.2. The highest BCUT2D eigenvalue weighted by Gasteiger charge is 2.21. The van der Waals surface area contributed by atoms with Crippen molar-refractivity contribution in [2.24, 2.45) is 0 Å². The molecule has 5 heteroatoms. The number of benzene rings is 1. The van der Waals surface area contributed by atoms with E-state index in [0.29, 0.717) is 6.54 Å². The minimum absolute atomic E-state index is 0.0143. The van der Waals surface area contributed by atoms with Gasteiger partial charge in [0, 0.05) is 38.1 Å². The first-order valence-corrected chi connectivity index (χ1v) is 7.97. The Morgan fingerprint density at radius 2 is 1.96 bits per heavy atom. The van der Waals surface area contributed by atoms with Crippen LogP contribution in [0.4, 0.5) is 10.5 Å². The Bertz CT molecular complexity index is 651. The second-order valence-corrected chi connectivity index (χ2v) is 5.79. The number of anilines is 1. The van der Waals surface area contributed by atoms with E-state index < -0.39 is 0 Å². The fourth-order valence-electron chi connectivity index (χ4n) is 2.77. The van der Waals surface area contributed by atoms with Crippen molar-refractivity contribution < 1.29 is 4.79 Å². The molecule has 0 aliphatic carbocycles. The number of aryl methyl sites for hydroxylation is 1. The summed E-state index contributed by atoms with van der Waals surface area (Å²) < 4.78 is 0. The molecule has 0 radical (unpaired) electrons. The van der Waals surface area contributed by atoms with Crippen LogP contribution in [0.5, 0.6) is 0 Å². The Kier molecular flexibility index (Phi) is 4.76. The minimum Gasteiger partial charge on any atom is -0.368 e. The molecule has 0 spiro atoms. The van der Waals surface area contributed by atoms with Crippen LogP contribution < -0.4 is 10.2 Å². The number of urea groups is 1. The molecule has 0 saturated carbocycles. The molecule has 1 fully saturated rings. The molecule has 2 aromatic rings. The maximum absolute atomic E-state index is 12.2. The van der Waals surface area contributed by atoms with Crippen LogP contribution in [0.15, 0.2) is 48.7 Å². The quantitative estimate of drug-likeness (QED) is 0.947. The topological polar surface area (TPSA) is 48.5 Å². The average Bonchev–Trinajstić information content (AvgIpc) is 2.61. The lowest BCUT2D eigenvalue weighted by Gasteiger charge is -2.36. The van der Waals surface area contributed by atoms with Crippen molar-refractivity contribution in [1.82, 2.24) is 15.2 Å². The summed E-state index contributed by atoms with van der Waals surface area (Å²) in [4.78, 5) is 20.7. The Labute approximate surface area is 136 Å². The number of nitrogens with one attached hydrogen (secondary N) is 1. The van der Waals surface area contributed by atoms with Gasteiger partial charge in [0.25, 0.3) is 0 Å². The monoisotopic (exact) mass is 310 g/mol. The fourth-order valence-corrected chi connectivity index (χ4v) is 2.77. The standard InChI is InChI=1S/C18H22N4O/c1-15-5-4-7-17(13-15)21-9-11-22(12-10-21)18(23)20-14-16-6-2-3-8-19-16/h2-8,13H,9-12,14H2,1H3,(H,20,23). The van der Waals surface area contributed by atoms with Gasteiger partial charge in [0.05, 0.1) is 12.2 Å². The first-order valence-electron chi connectivity index (χ1n) is 7.97. The molecule has 1 aliphatic heterocycles. The summed E-state index contributed by atoms with van der Waals surface area (Å²) in [5, 5.41) is 2.94. The number of carbonyl (C=O) groups excluding carboxylic acids is 1. The van der Waals surface area contributed by atoms with Gasteiger partial charge in [-0.3, -0.25) is 4.98 Å². The first-order chi connectivity index (χ1) is 11.2. The maximum Gasteiger partial charge on any atom is 0.317 e. The summed E-state index contributed by atoms with van der Waals surface area (Å²) in [7, 11) is 0. The maximum atomic E-state index is 12.2. The van der Waals surface area contributed by atoms with Crippen LogP contribution in [0.2, 0.25) is 0 Å². The van der Waals surface area contributed by atoms with Crippen LogP contribution in [0.3, 0.4) is 0 Å². The van der Waals surface area contributed by atoms with Gasteiger partial charge in [0.1, 0.15) is 0 Å². The third-order valence-corrected chi connectivity index (χ3v) is 4.08. The third kappa shape index (κ3) is 4.00. The number of pyridine rings is 1. The molecule has 1 saturated heterocycles. The summed E-state index contributed by atoms with van der Waals surface area (Å²) in [5.41, 5.74) is 3.37. The van der Waals surface area contributed by atoms with Gasteiger partial charge in [-0.1, -0.05) is 18.2 Å². The number of amides is 2. The molecule has 0 bridgehead atoms. The van der Waals surface area contributed by atoms with E-state index in [1.165, 1.54) is 11.3 Å². The van der Waals surface area contributed by atoms with Gasteiger partial charge in [-0.2, -0.15) is 0 Å². The minimum atomic E-state index is -0.0143. The van der Waals surface area contributed by atoms with Crippen LogP contribution in [-0.2, 0) is 6.54 Å². The molecule has 2 amide bonds. The van der Waals surface area contributed by atoms with E-state index in [1.807, 2.05) is 23.1 Å². The number of nitrogens with zero attached hydrogens (tertiary/aromatic N) is 3. The van der Waals surface area contributed by atoms with E-state index >= 15 is 0 Å². The lowest BCUT2D eigenvalue weighted by molar-refractivity contribution is 0.194. The normalized spacial score (nSPS) is 14.7. The highest BCUT2D eigenvalue weighted by molar-refractivity contribution is 5.74. The van der Waals surface area contributed by atoms with Crippen molar-refractivity contribution in [2.45, 2.75) is 13.5 Å². The summed E-state index contributed by atoms with van der Waals surface area (Å²) >= 11 is 0. The predicted molar refractivity (Wildman–Crippen MR) is 91.4 cm³/mol. The average molecular weight is 310 g/mol. The summed E-state index contributed by atoms with van der Waals surface area (Å²) in [5.74, 6) is 0. The third-order valence-electron chi connectivity index (χ3n) is 4.08. The van der Waals surface area contributed by atoms with E-state index in [-0.39, 0.29) is 6.03 Å². The smallest absolute Gasteiger partial charge is 0.317 e. The summed E-state index contributed by atoms with van der Waals surface area (Å²) in [6.07, 6.45) is 1.74. The van der Waals surface area contributed by atoms with Gasteiger partial charge in [-0.25, -0.2) is 4.79 Å². The largest absolute Gasteiger partial charge is 0.368 e. The summed E-state index contributed by atoms with van der Waals surface area (Å²) in [6, 6.07) is 14.2. The van der Waals surface area contributed by atoms with Crippen molar-refractivity contribution in [3.8, 4) is 0 Å². The molecular formula is C18H22N4O. The van der Waals surface area contributed by atoms with Gasteiger partial charge in [0.2, 0.25) is 0 Å². The van der Waals surface area contributed by atoms with Crippen molar-refractivity contribution in [1.29, 1.82) is 0 Å². The van der Waals surface area contributed by atoms with Crippen LogP contribution in [0, 0.1) is 6.92 Å². The number of hydrogen-bond donors (Lipinski definition) is 1. The van der Waals surface area contributed by atoms with E-state index in [0.717, 1.165) is 31.9 Å². The van der Waals surface area contributed by atoms with Crippen molar-refractivity contribution in [3.05, 3.63) is 59.9 Å². The molecule has 1 aromatic heterocycles. The lowest BCUT2D eigenvalue weighted by atomic mass is 10.2. The van der Waals surface area contributed by atoms with Gasteiger partial charge in [-0.15, -0.1) is 0 Å². The van der Waals surface area contributed by atoms with E-state index in [9.17, 15) is 4.79 Å². The molecule has 2 heterocycles. The van der Waals surface area contributed by atoms with E-state index in [2.05, 4.69) is 46.4 Å². The van der Waals surface area contributed by atoms with E-state index in [1.54, 1.807) is 6.20 Å². The zero-order chi connectivity index (χ0) is 16.1. The van der Waals surface area contributed by atoms with Gasteiger partial charge >= 0.3 is 6.03 Å². The molecule has 1 N–H and O–H groups in total. The van der Waals surface area contributed by atoms with Crippen LogP contribution in [-0.4, -0.2) is 42.1 Å². The van der Waals surface area contributed by atoms with Crippen molar-refractivity contribution in [2.75, 3.05) is 31.1 Å². The van der Waals surface area contributed by atoms with Crippen molar-refractivity contribution in [3.63, 3.8) is 0 Å². The molecule has 3 rings (SSSR count). The molecule has 0 unspecified atom stereocenters. The van der Waals surface area contributed by atoms with E-state index in [4.69, 9.17) is 0 Å². The SMILES string of the molecule is Cc1cccc(N2CCN(C(=O)NCc3ccccn3)CC2)c1. The highest BCUT2D eigenvalue weighted by Crippen LogP contribution is 2.17. The number of piperazine rings is 1. The van der Waals surface area contributed by atoms with Gasteiger partial charge in [-0.05, 0) is 36.8 Å². The molecule has 0 atom stereocenters. The Morgan fingerprint density at radius 1 is 1.13 bits per heavy atom. The van der Waals surface area contributed by atoms with Crippen LogP contribution in [0.25, 0.3) is 0 Å². The Hall–Kier alpha value is -2.56. The second-order valence-electron chi connectivity index (χ2n) is 5.79. The zero-order valence-corrected chi connectivity index (χ0v) is 13.4. The van der Waals surface area contributed by atoms with Crippen LogP contribution in [0.1, 0.15) is 11.3 Å². The first kappa shape index (κ1) is 15.3. The molecule has 1 aromatic carbocycles. The molecular weight excluding hydrogens is 288 g/mol. The zero-order valence-electron chi connectivity index (χ0n) is 13.4. The number of carbonyl (C=O) groups is 1. The fraction of sp³-hybridized carbons (Fsp3) is 0.333. The number of rotatable bonds is 3. The van der Waals surface area contributed by atoms with Crippen molar-refractivity contribution >= 4 is 11.7 Å². The molecule has 5 nitrogen and oxygen atoms in total. The Balaban J connectivity index is 1.49. The second kappa shape index (κ2) is 7.13. The number of hydrogen-bond acceptors (Lipinski definition) is 3. The Morgan fingerprint density at radius 3 is 2.65 bits per heavy atom. The van der Waals surface area contributed by atoms with Gasteiger partial charge in [0.15, 0.2) is 0 Å².